The summed E-state index contributed by atoms with van der Waals surface area (Å²) >= 11 is 2.34. The molecule has 0 aliphatic heterocycles. The Morgan fingerprint density at radius 2 is 1.71 bits per heavy atom. The predicted molar refractivity (Wildman–Crippen MR) is 80.0 cm³/mol. The van der Waals surface area contributed by atoms with Gasteiger partial charge in [0.05, 0.1) is 6.61 Å². The summed E-state index contributed by atoms with van der Waals surface area (Å²) in [7, 11) is 0. The maximum absolute atomic E-state index is 9.19. The van der Waals surface area contributed by atoms with E-state index < -0.39 is 0 Å². The second-order valence-electron chi connectivity index (χ2n) is 4.27. The van der Waals surface area contributed by atoms with E-state index in [-0.39, 0.29) is 6.61 Å². The molecule has 0 spiro atoms. The zero-order valence-corrected chi connectivity index (χ0v) is 12.2. The van der Waals surface area contributed by atoms with Crippen molar-refractivity contribution in [2.24, 2.45) is 0 Å². The highest BCUT2D eigenvalue weighted by Crippen LogP contribution is 2.29. The molecule has 0 saturated heterocycles. The lowest BCUT2D eigenvalue weighted by Gasteiger charge is -2.12. The van der Waals surface area contributed by atoms with Gasteiger partial charge in [-0.3, -0.25) is 0 Å². The fraction of sp³-hybridized carbons (Fsp3) is 0.200. The quantitative estimate of drug-likeness (QED) is 0.819. The van der Waals surface area contributed by atoms with Gasteiger partial charge in [0.25, 0.3) is 0 Å². The highest BCUT2D eigenvalue weighted by molar-refractivity contribution is 14.1. The van der Waals surface area contributed by atoms with Gasteiger partial charge >= 0.3 is 0 Å². The van der Waals surface area contributed by atoms with Crippen LogP contribution in [-0.2, 0) is 6.61 Å². The van der Waals surface area contributed by atoms with E-state index in [2.05, 4.69) is 60.7 Å². The molecule has 0 bridgehead atoms. The Morgan fingerprint density at radius 3 is 2.29 bits per heavy atom. The Hall–Kier alpha value is -0.870. The zero-order chi connectivity index (χ0) is 12.4. The van der Waals surface area contributed by atoms with Crippen LogP contribution in [0.15, 0.2) is 36.4 Å². The molecule has 0 aliphatic carbocycles. The molecule has 17 heavy (non-hydrogen) atoms. The molecule has 0 aromatic heterocycles. The van der Waals surface area contributed by atoms with Crippen molar-refractivity contribution in [3.63, 3.8) is 0 Å². The van der Waals surface area contributed by atoms with Crippen LogP contribution in [0.5, 0.6) is 0 Å². The number of halogens is 1. The van der Waals surface area contributed by atoms with Crippen molar-refractivity contribution >= 4 is 22.6 Å². The fourth-order valence-corrected chi connectivity index (χ4v) is 3.13. The van der Waals surface area contributed by atoms with Crippen LogP contribution in [0, 0.1) is 17.4 Å². The van der Waals surface area contributed by atoms with E-state index in [0.29, 0.717) is 0 Å². The van der Waals surface area contributed by atoms with Crippen LogP contribution in [0.25, 0.3) is 11.1 Å². The van der Waals surface area contributed by atoms with Crippen molar-refractivity contribution < 1.29 is 5.11 Å². The van der Waals surface area contributed by atoms with E-state index in [1.165, 1.54) is 25.8 Å². The smallest absolute Gasteiger partial charge is 0.0682 e. The van der Waals surface area contributed by atoms with Gasteiger partial charge in [-0.2, -0.15) is 0 Å². The third kappa shape index (κ3) is 2.69. The normalized spacial score (nSPS) is 10.6. The van der Waals surface area contributed by atoms with Crippen LogP contribution in [-0.4, -0.2) is 5.11 Å². The van der Waals surface area contributed by atoms with Crippen LogP contribution in [0.3, 0.4) is 0 Å². The molecule has 2 rings (SSSR count). The maximum atomic E-state index is 9.19. The molecule has 2 aromatic carbocycles. The molecule has 88 valence electrons. The van der Waals surface area contributed by atoms with E-state index in [9.17, 15) is 5.11 Å². The van der Waals surface area contributed by atoms with E-state index >= 15 is 0 Å². The van der Waals surface area contributed by atoms with Gasteiger partial charge in [-0.1, -0.05) is 18.2 Å². The summed E-state index contributed by atoms with van der Waals surface area (Å²) in [6.45, 7) is 4.36. The molecule has 1 N–H and O–H groups in total. The minimum absolute atomic E-state index is 0.0936. The standard InChI is InChI=1S/C15H15IO/c1-10-6-14(16)7-11(2)15(10)13-5-3-4-12(8-13)9-17/h3-8,17H,9H2,1-2H3. The summed E-state index contributed by atoms with van der Waals surface area (Å²) in [6.07, 6.45) is 0. The first-order valence-corrected chi connectivity index (χ1v) is 6.66. The predicted octanol–water partition coefficient (Wildman–Crippen LogP) is 4.07. The Kier molecular flexibility index (Phi) is 3.84. The Balaban J connectivity index is 2.60. The van der Waals surface area contributed by atoms with Crippen molar-refractivity contribution in [3.05, 3.63) is 56.7 Å². The van der Waals surface area contributed by atoms with Gasteiger partial charge in [0.1, 0.15) is 0 Å². The van der Waals surface area contributed by atoms with Crippen LogP contribution in [0.4, 0.5) is 0 Å². The van der Waals surface area contributed by atoms with Crippen LogP contribution >= 0.6 is 22.6 Å². The lowest BCUT2D eigenvalue weighted by Crippen LogP contribution is -1.91. The molecule has 0 amide bonds. The molecule has 0 fully saturated rings. The van der Waals surface area contributed by atoms with Crippen LogP contribution in [0.1, 0.15) is 16.7 Å². The molecule has 2 aromatic rings. The number of benzene rings is 2. The van der Waals surface area contributed by atoms with Gasteiger partial charge in [0.2, 0.25) is 0 Å². The van der Waals surface area contributed by atoms with Gasteiger partial charge in [0.15, 0.2) is 0 Å². The molecule has 0 unspecified atom stereocenters. The summed E-state index contributed by atoms with van der Waals surface area (Å²) in [4.78, 5) is 0. The van der Waals surface area contributed by atoms with Gasteiger partial charge in [0, 0.05) is 3.57 Å². The number of aliphatic hydroxyl groups excluding tert-OH is 1. The third-order valence-electron chi connectivity index (χ3n) is 2.90. The minimum atomic E-state index is 0.0936. The van der Waals surface area contributed by atoms with Gasteiger partial charge in [-0.05, 0) is 82.5 Å². The molecule has 0 radical (unpaired) electrons. The SMILES string of the molecule is Cc1cc(I)cc(C)c1-c1cccc(CO)c1. The van der Waals surface area contributed by atoms with E-state index in [1.807, 2.05) is 12.1 Å². The average molecular weight is 338 g/mol. The Bertz CT molecular complexity index is 523. The lowest BCUT2D eigenvalue weighted by atomic mass is 9.95. The Morgan fingerprint density at radius 1 is 1.06 bits per heavy atom. The number of hydrogen-bond acceptors (Lipinski definition) is 1. The van der Waals surface area contributed by atoms with Crippen molar-refractivity contribution in [2.45, 2.75) is 20.5 Å². The summed E-state index contributed by atoms with van der Waals surface area (Å²) < 4.78 is 1.26. The van der Waals surface area contributed by atoms with Crippen molar-refractivity contribution in [1.82, 2.24) is 0 Å². The Labute approximate surface area is 116 Å². The van der Waals surface area contributed by atoms with E-state index in [4.69, 9.17) is 0 Å². The molecule has 0 heterocycles. The fourth-order valence-electron chi connectivity index (χ4n) is 2.19. The third-order valence-corrected chi connectivity index (χ3v) is 3.52. The van der Waals surface area contributed by atoms with Gasteiger partial charge < -0.3 is 5.11 Å². The monoisotopic (exact) mass is 338 g/mol. The van der Waals surface area contributed by atoms with E-state index in [0.717, 1.165) is 5.56 Å². The first-order chi connectivity index (χ1) is 8.11. The topological polar surface area (TPSA) is 20.2 Å². The van der Waals surface area contributed by atoms with E-state index in [1.54, 1.807) is 0 Å². The molecule has 0 atom stereocenters. The first kappa shape index (κ1) is 12.6. The lowest BCUT2D eigenvalue weighted by molar-refractivity contribution is 0.282. The van der Waals surface area contributed by atoms with Gasteiger partial charge in [-0.15, -0.1) is 0 Å². The molecular formula is C15H15IO. The van der Waals surface area contributed by atoms with Crippen LogP contribution < -0.4 is 0 Å². The molecular weight excluding hydrogens is 323 g/mol. The maximum Gasteiger partial charge on any atom is 0.0682 e. The average Bonchev–Trinajstić information content (AvgIpc) is 2.28. The van der Waals surface area contributed by atoms with Crippen molar-refractivity contribution in [2.75, 3.05) is 0 Å². The molecule has 0 aliphatic rings. The van der Waals surface area contributed by atoms with Crippen molar-refractivity contribution in [1.29, 1.82) is 0 Å². The number of rotatable bonds is 2. The van der Waals surface area contributed by atoms with Crippen molar-refractivity contribution in [3.8, 4) is 11.1 Å². The highest BCUT2D eigenvalue weighted by Gasteiger charge is 2.07. The summed E-state index contributed by atoms with van der Waals surface area (Å²) in [5, 5.41) is 9.19. The van der Waals surface area contributed by atoms with Gasteiger partial charge in [-0.25, -0.2) is 0 Å². The summed E-state index contributed by atoms with van der Waals surface area (Å²) in [5.74, 6) is 0. The number of aliphatic hydroxyl groups is 1. The molecule has 0 saturated carbocycles. The summed E-state index contributed by atoms with van der Waals surface area (Å²) in [5.41, 5.74) is 5.98. The minimum Gasteiger partial charge on any atom is -0.392 e. The molecule has 2 heteroatoms. The molecule has 1 nitrogen and oxygen atoms in total. The zero-order valence-electron chi connectivity index (χ0n) is 10.00. The second kappa shape index (κ2) is 5.19. The number of hydrogen-bond donors (Lipinski definition) is 1. The summed E-state index contributed by atoms with van der Waals surface area (Å²) in [6, 6.07) is 12.5. The first-order valence-electron chi connectivity index (χ1n) is 5.58. The van der Waals surface area contributed by atoms with Crippen LogP contribution in [0.2, 0.25) is 0 Å². The largest absolute Gasteiger partial charge is 0.392 e. The second-order valence-corrected chi connectivity index (χ2v) is 5.52. The number of aryl methyl sites for hydroxylation is 2. The highest BCUT2D eigenvalue weighted by atomic mass is 127.